The van der Waals surface area contributed by atoms with Crippen molar-refractivity contribution >= 4 is 15.7 Å². The van der Waals surface area contributed by atoms with Gasteiger partial charge in [0, 0.05) is 6.54 Å². The van der Waals surface area contributed by atoms with E-state index in [2.05, 4.69) is 5.32 Å². The van der Waals surface area contributed by atoms with Crippen LogP contribution in [-0.2, 0) is 27.4 Å². The molecule has 0 atom stereocenters. The number of rotatable bonds is 5. The van der Waals surface area contributed by atoms with Gasteiger partial charge in [-0.2, -0.15) is 13.2 Å². The number of amides is 1. The second-order valence-corrected chi connectivity index (χ2v) is 8.82. The molecule has 0 spiro atoms. The fourth-order valence-electron chi connectivity index (χ4n) is 2.91. The van der Waals surface area contributed by atoms with Crippen LogP contribution in [0, 0.1) is 0 Å². The number of nitrogens with one attached hydrogen (secondary N) is 1. The predicted octanol–water partition coefficient (Wildman–Crippen LogP) is 3.04. The normalized spacial score (nSPS) is 16.3. The second-order valence-electron chi connectivity index (χ2n) is 6.87. The molecule has 5 nitrogen and oxygen atoms in total. The summed E-state index contributed by atoms with van der Waals surface area (Å²) in [7, 11) is -4.10. The van der Waals surface area contributed by atoms with Crippen molar-refractivity contribution in [1.82, 2.24) is 5.32 Å². The Bertz CT molecular complexity index is 982. The molecule has 0 aromatic heterocycles. The number of halogens is 3. The number of carbonyl (C=O) groups excluding carboxylic acids is 1. The number of hydrogen-bond acceptors (Lipinski definition) is 4. The van der Waals surface area contributed by atoms with E-state index in [9.17, 15) is 26.4 Å². The number of hydrogen-bond donors (Lipinski definition) is 2. The van der Waals surface area contributed by atoms with E-state index < -0.39 is 32.0 Å². The molecule has 1 saturated carbocycles. The number of nitrogens with two attached hydrogens (primary N) is 1. The Morgan fingerprint density at radius 1 is 1.07 bits per heavy atom. The Morgan fingerprint density at radius 2 is 1.71 bits per heavy atom. The lowest BCUT2D eigenvalue weighted by molar-refractivity contribution is -0.137. The van der Waals surface area contributed by atoms with E-state index in [0.29, 0.717) is 24.5 Å². The summed E-state index contributed by atoms with van der Waals surface area (Å²) in [6, 6.07) is 9.23. The van der Waals surface area contributed by atoms with E-state index in [1.54, 1.807) is 0 Å². The van der Waals surface area contributed by atoms with Crippen molar-refractivity contribution in [3.63, 3.8) is 0 Å². The van der Waals surface area contributed by atoms with Crippen LogP contribution < -0.4 is 11.1 Å². The minimum atomic E-state index is -4.63. The highest BCUT2D eigenvalue weighted by Gasteiger charge is 2.39. The molecule has 1 aliphatic rings. The maximum atomic E-state index is 12.8. The van der Waals surface area contributed by atoms with Gasteiger partial charge in [0.25, 0.3) is 0 Å². The highest BCUT2D eigenvalue weighted by atomic mass is 32.2. The van der Waals surface area contributed by atoms with Crippen LogP contribution in [-0.4, -0.2) is 19.9 Å². The lowest BCUT2D eigenvalue weighted by atomic mass is 9.77. The van der Waals surface area contributed by atoms with Crippen LogP contribution in [0.4, 0.5) is 13.2 Å². The zero-order valence-corrected chi connectivity index (χ0v) is 15.6. The van der Waals surface area contributed by atoms with Crippen molar-refractivity contribution in [2.45, 2.75) is 47.3 Å². The first-order chi connectivity index (χ1) is 13.0. The molecule has 0 radical (unpaired) electrons. The van der Waals surface area contributed by atoms with Crippen molar-refractivity contribution < 1.29 is 26.4 Å². The molecule has 150 valence electrons. The third-order valence-corrected chi connectivity index (χ3v) is 6.62. The quantitative estimate of drug-likeness (QED) is 0.790. The fourth-order valence-corrected chi connectivity index (χ4v) is 4.21. The monoisotopic (exact) mass is 412 g/mol. The van der Waals surface area contributed by atoms with Crippen molar-refractivity contribution in [2.24, 2.45) is 5.73 Å². The average Bonchev–Trinajstić information content (AvgIpc) is 2.64. The highest BCUT2D eigenvalue weighted by molar-refractivity contribution is 7.91. The number of sulfone groups is 1. The molecular weight excluding hydrogens is 393 g/mol. The van der Waals surface area contributed by atoms with Gasteiger partial charge in [0.05, 0.1) is 20.9 Å². The second kappa shape index (κ2) is 7.21. The molecule has 28 heavy (non-hydrogen) atoms. The summed E-state index contributed by atoms with van der Waals surface area (Å²) in [5.41, 5.74) is 4.72. The zero-order chi connectivity index (χ0) is 20.6. The molecule has 0 bridgehead atoms. The van der Waals surface area contributed by atoms with Crippen molar-refractivity contribution in [1.29, 1.82) is 0 Å². The van der Waals surface area contributed by atoms with Crippen LogP contribution in [0.1, 0.15) is 30.4 Å². The SMILES string of the molecule is NC1(C(=O)NCc2ccc(S(=O)(=O)c3cccc(C(F)(F)F)c3)cc2)CCC1. The lowest BCUT2D eigenvalue weighted by Gasteiger charge is -2.36. The Kier molecular flexibility index (Phi) is 5.24. The van der Waals surface area contributed by atoms with Gasteiger partial charge in [-0.25, -0.2) is 8.42 Å². The van der Waals surface area contributed by atoms with Gasteiger partial charge in [-0.3, -0.25) is 4.79 Å². The van der Waals surface area contributed by atoms with E-state index in [4.69, 9.17) is 5.73 Å². The van der Waals surface area contributed by atoms with Gasteiger partial charge in [-0.15, -0.1) is 0 Å². The van der Waals surface area contributed by atoms with Crippen LogP contribution >= 0.6 is 0 Å². The van der Waals surface area contributed by atoms with Crippen LogP contribution in [0.25, 0.3) is 0 Å². The summed E-state index contributed by atoms with van der Waals surface area (Å²) in [6.45, 7) is 0.182. The largest absolute Gasteiger partial charge is 0.416 e. The number of alkyl halides is 3. The third-order valence-electron chi connectivity index (χ3n) is 4.86. The minimum absolute atomic E-state index is 0.129. The van der Waals surface area contributed by atoms with Crippen LogP contribution in [0.15, 0.2) is 58.3 Å². The van der Waals surface area contributed by atoms with E-state index in [0.717, 1.165) is 24.6 Å². The summed E-state index contributed by atoms with van der Waals surface area (Å²) < 4.78 is 63.7. The van der Waals surface area contributed by atoms with Crippen molar-refractivity contribution in [3.05, 3.63) is 59.7 Å². The van der Waals surface area contributed by atoms with Gasteiger partial charge in [0.2, 0.25) is 15.7 Å². The van der Waals surface area contributed by atoms with Crippen molar-refractivity contribution in [2.75, 3.05) is 0 Å². The molecule has 2 aromatic rings. The van der Waals surface area contributed by atoms with Crippen LogP contribution in [0.2, 0.25) is 0 Å². The van der Waals surface area contributed by atoms with Gasteiger partial charge in [-0.05, 0) is 55.2 Å². The van der Waals surface area contributed by atoms with Gasteiger partial charge >= 0.3 is 6.18 Å². The Labute approximate surface area is 160 Å². The molecule has 0 heterocycles. The van der Waals surface area contributed by atoms with E-state index in [-0.39, 0.29) is 17.3 Å². The summed E-state index contributed by atoms with van der Waals surface area (Å²) in [5.74, 6) is -0.251. The van der Waals surface area contributed by atoms with E-state index >= 15 is 0 Å². The first kappa shape index (κ1) is 20.3. The molecule has 3 rings (SSSR count). The third kappa shape index (κ3) is 4.05. The van der Waals surface area contributed by atoms with E-state index in [1.165, 1.54) is 24.3 Å². The smallest absolute Gasteiger partial charge is 0.350 e. The maximum absolute atomic E-state index is 12.8. The molecular formula is C19H19F3N2O3S. The Morgan fingerprint density at radius 3 is 2.25 bits per heavy atom. The molecule has 0 saturated heterocycles. The molecule has 0 unspecified atom stereocenters. The summed E-state index contributed by atoms with van der Waals surface area (Å²) in [5, 5.41) is 2.72. The highest BCUT2D eigenvalue weighted by Crippen LogP contribution is 2.32. The fraction of sp³-hybridized carbons (Fsp3) is 0.316. The first-order valence-electron chi connectivity index (χ1n) is 8.61. The molecule has 1 amide bonds. The average molecular weight is 412 g/mol. The first-order valence-corrected chi connectivity index (χ1v) is 10.1. The molecule has 3 N–H and O–H groups in total. The maximum Gasteiger partial charge on any atom is 0.416 e. The van der Waals surface area contributed by atoms with Crippen LogP contribution in [0.3, 0.4) is 0 Å². The molecule has 9 heteroatoms. The zero-order valence-electron chi connectivity index (χ0n) is 14.8. The molecule has 0 aliphatic heterocycles. The summed E-state index contributed by atoms with van der Waals surface area (Å²) >= 11 is 0. The Hall–Kier alpha value is -2.39. The molecule has 1 aliphatic carbocycles. The van der Waals surface area contributed by atoms with Gasteiger partial charge in [0.1, 0.15) is 0 Å². The Balaban J connectivity index is 1.74. The van der Waals surface area contributed by atoms with Crippen molar-refractivity contribution in [3.8, 4) is 0 Å². The lowest BCUT2D eigenvalue weighted by Crippen LogP contribution is -2.58. The molecule has 2 aromatic carbocycles. The summed E-state index contributed by atoms with van der Waals surface area (Å²) in [6.07, 6.45) is -2.46. The topological polar surface area (TPSA) is 89.3 Å². The van der Waals surface area contributed by atoms with Gasteiger partial charge in [0.15, 0.2) is 0 Å². The number of carbonyl (C=O) groups is 1. The van der Waals surface area contributed by atoms with Crippen LogP contribution in [0.5, 0.6) is 0 Å². The summed E-state index contributed by atoms with van der Waals surface area (Å²) in [4.78, 5) is 11.5. The van der Waals surface area contributed by atoms with Gasteiger partial charge in [-0.1, -0.05) is 18.2 Å². The molecule has 1 fully saturated rings. The van der Waals surface area contributed by atoms with E-state index in [1.807, 2.05) is 0 Å². The standard InChI is InChI=1S/C19H19F3N2O3S/c20-19(21,22)14-3-1-4-16(11-14)28(26,27)15-7-5-13(6-8-15)12-24-17(25)18(23)9-2-10-18/h1,3-8,11H,2,9-10,12,23H2,(H,24,25). The predicted molar refractivity (Wildman–Crippen MR) is 96.0 cm³/mol. The minimum Gasteiger partial charge on any atom is -0.350 e. The number of benzene rings is 2. The van der Waals surface area contributed by atoms with Gasteiger partial charge < -0.3 is 11.1 Å².